The molecule has 0 spiro atoms. The molecule has 0 N–H and O–H groups in total. The van der Waals surface area contributed by atoms with Crippen molar-refractivity contribution in [1.82, 2.24) is 0 Å². The second-order valence-electron chi connectivity index (χ2n) is 6.53. The molecule has 0 fully saturated rings. The van der Waals surface area contributed by atoms with Gasteiger partial charge in [-0.1, -0.05) is 27.5 Å². The maximum atomic E-state index is 11.6. The maximum absolute atomic E-state index is 11.6. The van der Waals surface area contributed by atoms with Gasteiger partial charge in [0.05, 0.1) is 39.1 Å². The van der Waals surface area contributed by atoms with Gasteiger partial charge >= 0.3 is 12.1 Å². The molecule has 24 heavy (non-hydrogen) atoms. The molecule has 0 aromatic heterocycles. The maximum Gasteiger partial charge on any atom is 0.375 e. The molecule has 4 amide bonds. The fraction of sp³-hybridized carbons (Fsp3) is 0.438. The minimum absolute atomic E-state index is 0.409. The summed E-state index contributed by atoms with van der Waals surface area (Å²) in [5, 5.41) is 10.6. The van der Waals surface area contributed by atoms with Crippen molar-refractivity contribution in [2.24, 2.45) is 15.4 Å². The zero-order valence-electron chi connectivity index (χ0n) is 14.4. The monoisotopic (exact) mass is 332 g/mol. The van der Waals surface area contributed by atoms with E-state index >= 15 is 0 Å². The van der Waals surface area contributed by atoms with Crippen LogP contribution in [0.4, 0.5) is 15.3 Å². The Hall–Kier alpha value is -2.61. The number of rotatable bonds is 7. The molecule has 0 atom stereocenters. The van der Waals surface area contributed by atoms with Gasteiger partial charge in [0.15, 0.2) is 0 Å². The first kappa shape index (κ1) is 17.7. The van der Waals surface area contributed by atoms with E-state index in [4.69, 9.17) is 4.84 Å². The van der Waals surface area contributed by atoms with Crippen molar-refractivity contribution in [2.45, 2.75) is 13.3 Å². The van der Waals surface area contributed by atoms with Crippen LogP contribution in [0.3, 0.4) is 0 Å². The standard InChI is InChI=1S/C16H22N5O3/c1-12(19-24-10-6-9-21(2,3)4)13-7-5-8-14(11-13)20-15(22)17-18-16(20)23/h5,7-8,11H,6,9-10H2,1-4H3/q+1. The van der Waals surface area contributed by atoms with Crippen LogP contribution in [-0.2, 0) is 4.84 Å². The summed E-state index contributed by atoms with van der Waals surface area (Å²) in [5.41, 5.74) is 1.83. The van der Waals surface area contributed by atoms with Gasteiger partial charge in [0.25, 0.3) is 0 Å². The van der Waals surface area contributed by atoms with Gasteiger partial charge in [-0.05, 0) is 19.1 Å². The number of oxime groups is 1. The van der Waals surface area contributed by atoms with Gasteiger partial charge in [0.1, 0.15) is 6.61 Å². The first-order valence-electron chi connectivity index (χ1n) is 7.65. The van der Waals surface area contributed by atoms with Crippen LogP contribution in [0.5, 0.6) is 0 Å². The fourth-order valence-corrected chi connectivity index (χ4v) is 2.15. The number of quaternary nitrogens is 1. The van der Waals surface area contributed by atoms with Gasteiger partial charge in [-0.15, -0.1) is 0 Å². The van der Waals surface area contributed by atoms with Gasteiger partial charge in [-0.3, -0.25) is 0 Å². The highest BCUT2D eigenvalue weighted by molar-refractivity contribution is 6.17. The van der Waals surface area contributed by atoms with Crippen LogP contribution in [0, 0.1) is 0 Å². The largest absolute Gasteiger partial charge is 0.395 e. The van der Waals surface area contributed by atoms with E-state index in [0.717, 1.165) is 27.9 Å². The molecule has 1 heterocycles. The third-order valence-electron chi connectivity index (χ3n) is 3.39. The van der Waals surface area contributed by atoms with Crippen LogP contribution in [0.1, 0.15) is 18.9 Å². The molecule has 1 aromatic rings. The van der Waals surface area contributed by atoms with Crippen molar-refractivity contribution in [3.05, 3.63) is 29.8 Å². The summed E-state index contributed by atoms with van der Waals surface area (Å²) in [5.74, 6) is 0. The number of benzene rings is 1. The first-order valence-corrected chi connectivity index (χ1v) is 7.65. The summed E-state index contributed by atoms with van der Waals surface area (Å²) in [4.78, 5) is 29.4. The van der Waals surface area contributed by atoms with Gasteiger partial charge < -0.3 is 9.32 Å². The average molecular weight is 332 g/mol. The van der Waals surface area contributed by atoms with E-state index in [2.05, 4.69) is 36.5 Å². The third kappa shape index (κ3) is 4.69. The van der Waals surface area contributed by atoms with Crippen LogP contribution in [0.15, 0.2) is 39.6 Å². The smallest absolute Gasteiger partial charge is 0.375 e. The lowest BCUT2D eigenvalue weighted by Crippen LogP contribution is -2.35. The normalized spacial score (nSPS) is 15.3. The fourth-order valence-electron chi connectivity index (χ4n) is 2.15. The number of carbonyl (C=O) groups is 2. The Morgan fingerprint density at radius 2 is 1.88 bits per heavy atom. The molecule has 1 aliphatic rings. The molecule has 0 aliphatic carbocycles. The molecule has 0 bridgehead atoms. The Bertz CT molecular complexity index is 673. The van der Waals surface area contributed by atoms with Crippen molar-refractivity contribution in [1.29, 1.82) is 0 Å². The molecular formula is C16H22N5O3+. The Balaban J connectivity index is 1.99. The molecule has 0 unspecified atom stereocenters. The minimum Gasteiger partial charge on any atom is -0.395 e. The summed E-state index contributed by atoms with van der Waals surface area (Å²) in [6, 6.07) is 5.51. The second kappa shape index (κ2) is 7.31. The highest BCUT2D eigenvalue weighted by Gasteiger charge is 2.29. The van der Waals surface area contributed by atoms with E-state index in [1.807, 2.05) is 6.07 Å². The van der Waals surface area contributed by atoms with E-state index in [1.165, 1.54) is 0 Å². The van der Waals surface area contributed by atoms with Crippen molar-refractivity contribution >= 4 is 23.5 Å². The molecule has 0 radical (unpaired) electrons. The lowest BCUT2D eigenvalue weighted by atomic mass is 10.1. The number of nitrogens with zero attached hydrogens (tertiary/aromatic N) is 5. The Kier molecular flexibility index (Phi) is 5.40. The number of carbonyl (C=O) groups excluding carboxylic acids is 2. The van der Waals surface area contributed by atoms with Crippen LogP contribution in [0.25, 0.3) is 0 Å². The number of anilines is 1. The number of azo groups is 1. The Labute approximate surface area is 141 Å². The van der Waals surface area contributed by atoms with Crippen LogP contribution in [-0.4, -0.2) is 56.6 Å². The molecule has 8 nitrogen and oxygen atoms in total. The summed E-state index contributed by atoms with van der Waals surface area (Å²) >= 11 is 0. The van der Waals surface area contributed by atoms with Gasteiger partial charge in [-0.2, -0.15) is 0 Å². The SMILES string of the molecule is CC(=NOCCC[N+](C)(C)C)c1cccc(N2C(=O)N=NC2=O)c1. The van der Waals surface area contributed by atoms with Crippen LogP contribution in [0.2, 0.25) is 0 Å². The Morgan fingerprint density at radius 3 is 2.50 bits per heavy atom. The van der Waals surface area contributed by atoms with E-state index in [-0.39, 0.29) is 0 Å². The highest BCUT2D eigenvalue weighted by Crippen LogP contribution is 2.22. The van der Waals surface area contributed by atoms with Gasteiger partial charge in [-0.25, -0.2) is 14.5 Å². The van der Waals surface area contributed by atoms with Crippen molar-refractivity contribution in [2.75, 3.05) is 39.2 Å². The Morgan fingerprint density at radius 1 is 1.21 bits per heavy atom. The zero-order chi connectivity index (χ0) is 17.7. The van der Waals surface area contributed by atoms with Crippen LogP contribution < -0.4 is 4.90 Å². The van der Waals surface area contributed by atoms with Gasteiger partial charge in [0.2, 0.25) is 0 Å². The van der Waals surface area contributed by atoms with Crippen molar-refractivity contribution in [3.63, 3.8) is 0 Å². The number of hydrogen-bond acceptors (Lipinski definition) is 4. The molecule has 8 heteroatoms. The molecular weight excluding hydrogens is 310 g/mol. The summed E-state index contributed by atoms with van der Waals surface area (Å²) in [7, 11) is 6.37. The molecule has 1 aromatic carbocycles. The topological polar surface area (TPSA) is 83.7 Å². The van der Waals surface area contributed by atoms with Gasteiger partial charge in [0, 0.05) is 12.0 Å². The molecule has 128 valence electrons. The molecule has 0 saturated carbocycles. The van der Waals surface area contributed by atoms with E-state index in [9.17, 15) is 9.59 Å². The quantitative estimate of drug-likeness (QED) is 0.333. The predicted octanol–water partition coefficient (Wildman–Crippen LogP) is 3.04. The average Bonchev–Trinajstić information content (AvgIpc) is 2.84. The van der Waals surface area contributed by atoms with Crippen LogP contribution >= 0.6 is 0 Å². The number of imide groups is 1. The number of urea groups is 2. The summed E-state index contributed by atoms with van der Waals surface area (Å²) in [6.07, 6.45) is 0.903. The third-order valence-corrected chi connectivity index (χ3v) is 3.39. The minimum atomic E-state index is -0.691. The molecule has 1 aliphatic heterocycles. The highest BCUT2D eigenvalue weighted by atomic mass is 16.6. The predicted molar refractivity (Wildman–Crippen MR) is 90.2 cm³/mol. The van der Waals surface area contributed by atoms with E-state index in [1.54, 1.807) is 25.1 Å². The van der Waals surface area contributed by atoms with Crippen molar-refractivity contribution in [3.8, 4) is 0 Å². The first-order chi connectivity index (χ1) is 11.3. The lowest BCUT2D eigenvalue weighted by Gasteiger charge is -2.23. The summed E-state index contributed by atoms with van der Waals surface area (Å²) < 4.78 is 0.877. The lowest BCUT2D eigenvalue weighted by molar-refractivity contribution is -0.870. The molecule has 2 rings (SSSR count). The van der Waals surface area contributed by atoms with E-state index < -0.39 is 12.1 Å². The number of amides is 4. The second-order valence-corrected chi connectivity index (χ2v) is 6.53. The molecule has 0 saturated heterocycles. The summed E-state index contributed by atoms with van der Waals surface area (Å²) in [6.45, 7) is 3.34. The zero-order valence-corrected chi connectivity index (χ0v) is 14.4. The van der Waals surface area contributed by atoms with E-state index in [0.29, 0.717) is 18.0 Å². The number of hydrogen-bond donors (Lipinski definition) is 0. The van der Waals surface area contributed by atoms with Crippen molar-refractivity contribution < 1.29 is 18.9 Å².